The van der Waals surface area contributed by atoms with E-state index in [2.05, 4.69) is 5.32 Å². The number of nitrogens with one attached hydrogen (secondary N) is 1. The van der Waals surface area contributed by atoms with Crippen molar-refractivity contribution in [1.82, 2.24) is 0 Å². The molecule has 3 nitrogen and oxygen atoms in total. The lowest BCUT2D eigenvalue weighted by Crippen LogP contribution is -2.28. The second-order valence-corrected chi connectivity index (χ2v) is 4.76. The fourth-order valence-corrected chi connectivity index (χ4v) is 2.37. The van der Waals surface area contributed by atoms with E-state index in [0.717, 1.165) is 31.4 Å². The van der Waals surface area contributed by atoms with Crippen molar-refractivity contribution in [3.63, 3.8) is 0 Å². The summed E-state index contributed by atoms with van der Waals surface area (Å²) in [5.41, 5.74) is 0.863. The van der Waals surface area contributed by atoms with Gasteiger partial charge in [0.05, 0.1) is 0 Å². The molecule has 0 unspecified atom stereocenters. The molecule has 1 aromatic carbocycles. The fourth-order valence-electron chi connectivity index (χ4n) is 2.37. The molecule has 1 saturated carbocycles. The Balaban J connectivity index is 1.85. The van der Waals surface area contributed by atoms with Crippen LogP contribution in [0, 0.1) is 11.8 Å². The number of aliphatic hydroxyl groups excluding tert-OH is 1. The minimum Gasteiger partial charge on any atom is -0.396 e. The normalized spacial score (nSPS) is 24.3. The van der Waals surface area contributed by atoms with Gasteiger partial charge in [-0.25, -0.2) is 0 Å². The van der Waals surface area contributed by atoms with Crippen molar-refractivity contribution < 1.29 is 9.90 Å². The lowest BCUT2D eigenvalue weighted by atomic mass is 9.82. The van der Waals surface area contributed by atoms with Crippen LogP contribution in [0.25, 0.3) is 0 Å². The topological polar surface area (TPSA) is 49.3 Å². The number of anilines is 1. The van der Waals surface area contributed by atoms with Gasteiger partial charge in [0.25, 0.3) is 0 Å². The van der Waals surface area contributed by atoms with Crippen molar-refractivity contribution in [2.24, 2.45) is 11.8 Å². The standard InChI is InChI=1S/C14H19NO2/c16-10-11-6-8-12(9-7-11)14(17)15-13-4-2-1-3-5-13/h1-5,11-12,16H,6-10H2,(H,15,17). The summed E-state index contributed by atoms with van der Waals surface area (Å²) in [5.74, 6) is 0.626. The number of para-hydroxylation sites is 1. The summed E-state index contributed by atoms with van der Waals surface area (Å²) in [5, 5.41) is 12.0. The number of carbonyl (C=O) groups excluding carboxylic acids is 1. The first-order valence-corrected chi connectivity index (χ1v) is 6.26. The van der Waals surface area contributed by atoms with Gasteiger partial charge in [0, 0.05) is 18.2 Å². The molecule has 0 bridgehead atoms. The van der Waals surface area contributed by atoms with Crippen LogP contribution < -0.4 is 5.32 Å². The minimum absolute atomic E-state index is 0.109. The molecule has 92 valence electrons. The largest absolute Gasteiger partial charge is 0.396 e. The van der Waals surface area contributed by atoms with Crippen LogP contribution in [0.15, 0.2) is 30.3 Å². The second kappa shape index (κ2) is 5.82. The summed E-state index contributed by atoms with van der Waals surface area (Å²) in [4.78, 5) is 12.0. The smallest absolute Gasteiger partial charge is 0.227 e. The third-order valence-electron chi connectivity index (χ3n) is 3.52. The summed E-state index contributed by atoms with van der Waals surface area (Å²) >= 11 is 0. The molecule has 17 heavy (non-hydrogen) atoms. The molecule has 2 rings (SSSR count). The Labute approximate surface area is 102 Å². The van der Waals surface area contributed by atoms with Gasteiger partial charge >= 0.3 is 0 Å². The summed E-state index contributed by atoms with van der Waals surface area (Å²) in [6.07, 6.45) is 3.71. The zero-order valence-electron chi connectivity index (χ0n) is 9.93. The highest BCUT2D eigenvalue weighted by Crippen LogP contribution is 2.29. The second-order valence-electron chi connectivity index (χ2n) is 4.76. The van der Waals surface area contributed by atoms with Gasteiger partial charge in [-0.05, 0) is 43.7 Å². The van der Waals surface area contributed by atoms with Gasteiger partial charge in [0.15, 0.2) is 0 Å². The van der Waals surface area contributed by atoms with Crippen LogP contribution in [0.4, 0.5) is 5.69 Å². The molecule has 0 aromatic heterocycles. The summed E-state index contributed by atoms with van der Waals surface area (Å²) in [6, 6.07) is 9.56. The molecule has 2 N–H and O–H groups in total. The highest BCUT2D eigenvalue weighted by molar-refractivity contribution is 5.92. The molecular formula is C14H19NO2. The van der Waals surface area contributed by atoms with Gasteiger partial charge in [0.1, 0.15) is 0 Å². The Morgan fingerprint density at radius 3 is 2.41 bits per heavy atom. The molecule has 1 aromatic rings. The summed E-state index contributed by atoms with van der Waals surface area (Å²) < 4.78 is 0. The molecule has 0 aliphatic heterocycles. The third kappa shape index (κ3) is 3.30. The maximum absolute atomic E-state index is 12.0. The Kier molecular flexibility index (Phi) is 4.15. The number of rotatable bonds is 3. The van der Waals surface area contributed by atoms with E-state index < -0.39 is 0 Å². The van der Waals surface area contributed by atoms with E-state index in [-0.39, 0.29) is 18.4 Å². The maximum Gasteiger partial charge on any atom is 0.227 e. The Morgan fingerprint density at radius 2 is 1.82 bits per heavy atom. The average Bonchev–Trinajstić information content (AvgIpc) is 2.40. The molecule has 0 heterocycles. The van der Waals surface area contributed by atoms with Gasteiger partial charge in [-0.15, -0.1) is 0 Å². The monoisotopic (exact) mass is 233 g/mol. The van der Waals surface area contributed by atoms with Crippen LogP contribution in [0.1, 0.15) is 25.7 Å². The van der Waals surface area contributed by atoms with Crippen LogP contribution in [0.3, 0.4) is 0 Å². The number of hydrogen-bond acceptors (Lipinski definition) is 2. The summed E-state index contributed by atoms with van der Waals surface area (Å²) in [6.45, 7) is 0.257. The number of aliphatic hydroxyl groups is 1. The van der Waals surface area contributed by atoms with E-state index in [9.17, 15) is 4.79 Å². The zero-order valence-corrected chi connectivity index (χ0v) is 9.93. The zero-order chi connectivity index (χ0) is 12.1. The molecule has 3 heteroatoms. The predicted molar refractivity (Wildman–Crippen MR) is 67.6 cm³/mol. The SMILES string of the molecule is O=C(Nc1ccccc1)C1CCC(CO)CC1. The van der Waals surface area contributed by atoms with Crippen molar-refractivity contribution in [2.75, 3.05) is 11.9 Å². The maximum atomic E-state index is 12.0. The van der Waals surface area contributed by atoms with Gasteiger partial charge in [-0.1, -0.05) is 18.2 Å². The van der Waals surface area contributed by atoms with Gasteiger partial charge in [0.2, 0.25) is 5.91 Å². The number of benzene rings is 1. The van der Waals surface area contributed by atoms with Gasteiger partial charge < -0.3 is 10.4 Å². The van der Waals surface area contributed by atoms with Crippen molar-refractivity contribution >= 4 is 11.6 Å². The Morgan fingerprint density at radius 1 is 1.18 bits per heavy atom. The molecule has 1 amide bonds. The van der Waals surface area contributed by atoms with Crippen LogP contribution >= 0.6 is 0 Å². The average molecular weight is 233 g/mol. The highest BCUT2D eigenvalue weighted by Gasteiger charge is 2.25. The van der Waals surface area contributed by atoms with Gasteiger partial charge in [-0.3, -0.25) is 4.79 Å². The molecule has 0 atom stereocenters. The molecule has 0 radical (unpaired) electrons. The Bertz CT molecular complexity index is 356. The molecule has 0 spiro atoms. The molecule has 1 fully saturated rings. The lowest BCUT2D eigenvalue weighted by molar-refractivity contribution is -0.121. The van der Waals surface area contributed by atoms with E-state index in [1.54, 1.807) is 0 Å². The van der Waals surface area contributed by atoms with Crippen molar-refractivity contribution in [3.05, 3.63) is 30.3 Å². The fraction of sp³-hybridized carbons (Fsp3) is 0.500. The molecular weight excluding hydrogens is 214 g/mol. The van der Waals surface area contributed by atoms with Crippen LogP contribution in [-0.4, -0.2) is 17.6 Å². The molecule has 1 aliphatic rings. The summed E-state index contributed by atoms with van der Waals surface area (Å²) in [7, 11) is 0. The molecule has 0 saturated heterocycles. The quantitative estimate of drug-likeness (QED) is 0.842. The van der Waals surface area contributed by atoms with E-state index in [1.165, 1.54) is 0 Å². The van der Waals surface area contributed by atoms with E-state index in [4.69, 9.17) is 5.11 Å². The van der Waals surface area contributed by atoms with Crippen LogP contribution in [0.2, 0.25) is 0 Å². The van der Waals surface area contributed by atoms with Crippen LogP contribution in [-0.2, 0) is 4.79 Å². The first kappa shape index (κ1) is 12.1. The Hall–Kier alpha value is -1.35. The molecule has 1 aliphatic carbocycles. The minimum atomic E-state index is 0.109. The first-order chi connectivity index (χ1) is 8.29. The van der Waals surface area contributed by atoms with Crippen molar-refractivity contribution in [2.45, 2.75) is 25.7 Å². The number of carbonyl (C=O) groups is 1. The number of hydrogen-bond donors (Lipinski definition) is 2. The van der Waals surface area contributed by atoms with E-state index in [0.29, 0.717) is 5.92 Å². The lowest BCUT2D eigenvalue weighted by Gasteiger charge is -2.26. The van der Waals surface area contributed by atoms with Crippen LogP contribution in [0.5, 0.6) is 0 Å². The van der Waals surface area contributed by atoms with Crippen molar-refractivity contribution in [3.8, 4) is 0 Å². The van der Waals surface area contributed by atoms with Gasteiger partial charge in [-0.2, -0.15) is 0 Å². The first-order valence-electron chi connectivity index (χ1n) is 6.26. The van der Waals surface area contributed by atoms with E-state index >= 15 is 0 Å². The highest BCUT2D eigenvalue weighted by atomic mass is 16.3. The number of amides is 1. The van der Waals surface area contributed by atoms with E-state index in [1.807, 2.05) is 30.3 Å². The van der Waals surface area contributed by atoms with Crippen molar-refractivity contribution in [1.29, 1.82) is 0 Å². The predicted octanol–water partition coefficient (Wildman–Crippen LogP) is 2.42. The third-order valence-corrected chi connectivity index (χ3v) is 3.52.